The molecule has 0 radical (unpaired) electrons. The third-order valence-corrected chi connectivity index (χ3v) is 3.92. The van der Waals surface area contributed by atoms with Crippen LogP contribution >= 0.6 is 23.2 Å². The summed E-state index contributed by atoms with van der Waals surface area (Å²) in [4.78, 5) is 11.8. The Hall–Kier alpha value is 0.0500. The van der Waals surface area contributed by atoms with Crippen molar-refractivity contribution in [2.75, 3.05) is 11.8 Å². The number of amides is 1. The Bertz CT molecular complexity index is 198. The zero-order chi connectivity index (χ0) is 10.6. The van der Waals surface area contributed by atoms with E-state index in [1.54, 1.807) is 0 Å². The van der Waals surface area contributed by atoms with Crippen molar-refractivity contribution >= 4 is 29.1 Å². The van der Waals surface area contributed by atoms with E-state index in [4.69, 9.17) is 23.2 Å². The van der Waals surface area contributed by atoms with Gasteiger partial charge in [0.25, 0.3) is 0 Å². The second kappa shape index (κ2) is 5.22. The van der Waals surface area contributed by atoms with Gasteiger partial charge in [0.2, 0.25) is 5.91 Å². The highest BCUT2D eigenvalue weighted by Crippen LogP contribution is 2.25. The van der Waals surface area contributed by atoms with Gasteiger partial charge in [0.1, 0.15) is 0 Å². The van der Waals surface area contributed by atoms with Crippen molar-refractivity contribution in [3.8, 4) is 0 Å². The molecule has 1 aliphatic rings. The van der Waals surface area contributed by atoms with Crippen molar-refractivity contribution < 1.29 is 4.79 Å². The van der Waals surface area contributed by atoms with E-state index < -0.39 is 5.54 Å². The fraction of sp³-hybridized carbons (Fsp3) is 0.900. The smallest absolute Gasteiger partial charge is 0.223 e. The molecule has 0 saturated heterocycles. The van der Waals surface area contributed by atoms with Crippen LogP contribution in [-0.4, -0.2) is 23.2 Å². The van der Waals surface area contributed by atoms with E-state index in [-0.39, 0.29) is 11.8 Å². The fourth-order valence-electron chi connectivity index (χ4n) is 1.69. The van der Waals surface area contributed by atoms with Crippen LogP contribution in [0.15, 0.2) is 0 Å². The lowest BCUT2D eigenvalue weighted by Gasteiger charge is -2.27. The number of rotatable bonds is 4. The fourth-order valence-corrected chi connectivity index (χ4v) is 2.11. The summed E-state index contributed by atoms with van der Waals surface area (Å²) in [6.07, 6.45) is 4.34. The van der Waals surface area contributed by atoms with Gasteiger partial charge in [-0.1, -0.05) is 12.8 Å². The van der Waals surface area contributed by atoms with Gasteiger partial charge in [0.15, 0.2) is 0 Å². The van der Waals surface area contributed by atoms with Crippen molar-refractivity contribution in [1.82, 2.24) is 5.32 Å². The van der Waals surface area contributed by atoms with Crippen LogP contribution in [0.2, 0.25) is 0 Å². The second-order valence-corrected chi connectivity index (χ2v) is 4.83. The van der Waals surface area contributed by atoms with E-state index in [0.29, 0.717) is 11.8 Å². The molecule has 1 N–H and O–H groups in total. The second-order valence-electron chi connectivity index (χ2n) is 4.30. The molecule has 0 bridgehead atoms. The highest BCUT2D eigenvalue weighted by molar-refractivity contribution is 6.22. The minimum Gasteiger partial charge on any atom is -0.348 e. The van der Waals surface area contributed by atoms with Gasteiger partial charge in [-0.3, -0.25) is 4.79 Å². The average molecular weight is 238 g/mol. The third-order valence-electron chi connectivity index (χ3n) is 2.74. The summed E-state index contributed by atoms with van der Waals surface area (Å²) in [6.45, 7) is 1.87. The van der Waals surface area contributed by atoms with Gasteiger partial charge in [-0.2, -0.15) is 0 Å². The number of carbonyl (C=O) groups excluding carboxylic acids is 1. The van der Waals surface area contributed by atoms with Crippen LogP contribution in [0.4, 0.5) is 0 Å². The molecule has 0 spiro atoms. The molecule has 4 heteroatoms. The number of alkyl halides is 2. The molecular weight excluding hydrogens is 221 g/mol. The summed E-state index contributed by atoms with van der Waals surface area (Å²) in [5.41, 5.74) is -0.456. The van der Waals surface area contributed by atoms with E-state index in [1.807, 2.05) is 6.92 Å². The van der Waals surface area contributed by atoms with Crippen LogP contribution in [-0.2, 0) is 4.79 Å². The maximum absolute atomic E-state index is 11.8. The highest BCUT2D eigenvalue weighted by atomic mass is 35.5. The van der Waals surface area contributed by atoms with Crippen LogP contribution in [0.3, 0.4) is 0 Å². The molecule has 0 aromatic heterocycles. The summed E-state index contributed by atoms with van der Waals surface area (Å²) < 4.78 is 0. The molecule has 0 aromatic carbocycles. The average Bonchev–Trinajstić information content (AvgIpc) is 2.70. The van der Waals surface area contributed by atoms with Crippen LogP contribution in [0.5, 0.6) is 0 Å². The summed E-state index contributed by atoms with van der Waals surface area (Å²) in [5.74, 6) is 1.01. The first-order chi connectivity index (χ1) is 6.61. The van der Waals surface area contributed by atoms with Crippen LogP contribution in [0.25, 0.3) is 0 Å². The predicted molar refractivity (Wildman–Crippen MR) is 59.9 cm³/mol. The zero-order valence-corrected chi connectivity index (χ0v) is 10.00. The highest BCUT2D eigenvalue weighted by Gasteiger charge is 2.29. The van der Waals surface area contributed by atoms with Crippen LogP contribution < -0.4 is 5.32 Å². The molecule has 1 rings (SSSR count). The lowest BCUT2D eigenvalue weighted by atomic mass is 10.0. The molecule has 2 nitrogen and oxygen atoms in total. The molecule has 0 heterocycles. The molecule has 82 valence electrons. The molecule has 1 fully saturated rings. The van der Waals surface area contributed by atoms with Crippen molar-refractivity contribution in [2.45, 2.75) is 38.1 Å². The lowest BCUT2D eigenvalue weighted by Crippen LogP contribution is -2.50. The summed E-state index contributed by atoms with van der Waals surface area (Å²) in [5, 5.41) is 2.93. The van der Waals surface area contributed by atoms with E-state index in [2.05, 4.69) is 5.32 Å². The molecule has 0 unspecified atom stereocenters. The Morgan fingerprint density at radius 2 is 1.86 bits per heavy atom. The van der Waals surface area contributed by atoms with Gasteiger partial charge >= 0.3 is 0 Å². The summed E-state index contributed by atoms with van der Waals surface area (Å²) >= 11 is 11.5. The molecule has 1 saturated carbocycles. The number of hydrogen-bond acceptors (Lipinski definition) is 1. The van der Waals surface area contributed by atoms with Gasteiger partial charge in [-0.05, 0) is 19.8 Å². The normalized spacial score (nSPS) is 18.5. The first-order valence-corrected chi connectivity index (χ1v) is 6.12. The molecule has 1 amide bonds. The summed E-state index contributed by atoms with van der Waals surface area (Å²) in [7, 11) is 0. The van der Waals surface area contributed by atoms with E-state index >= 15 is 0 Å². The standard InChI is InChI=1S/C10H17Cl2NO/c1-10(6-11,7-12)13-9(14)8-4-2-3-5-8/h8H,2-7H2,1H3,(H,13,14). The Balaban J connectivity index is 2.45. The van der Waals surface area contributed by atoms with Crippen molar-refractivity contribution in [3.05, 3.63) is 0 Å². The molecule has 0 aliphatic heterocycles. The maximum atomic E-state index is 11.8. The Kier molecular flexibility index (Phi) is 4.52. The third kappa shape index (κ3) is 3.03. The lowest BCUT2D eigenvalue weighted by molar-refractivity contribution is -0.126. The van der Waals surface area contributed by atoms with Gasteiger partial charge in [0.05, 0.1) is 5.54 Å². The minimum atomic E-state index is -0.456. The topological polar surface area (TPSA) is 29.1 Å². The van der Waals surface area contributed by atoms with E-state index in [1.165, 1.54) is 0 Å². The SMILES string of the molecule is CC(CCl)(CCl)NC(=O)C1CCCC1. The minimum absolute atomic E-state index is 0.117. The number of nitrogens with one attached hydrogen (secondary N) is 1. The van der Waals surface area contributed by atoms with Crippen molar-refractivity contribution in [1.29, 1.82) is 0 Å². The van der Waals surface area contributed by atoms with Gasteiger partial charge in [-0.25, -0.2) is 0 Å². The number of hydrogen-bond donors (Lipinski definition) is 1. The predicted octanol–water partition coefficient (Wildman–Crippen LogP) is 2.53. The molecule has 0 atom stereocenters. The van der Waals surface area contributed by atoms with Crippen molar-refractivity contribution in [3.63, 3.8) is 0 Å². The number of carbonyl (C=O) groups is 1. The molecule has 0 aromatic rings. The molecule has 14 heavy (non-hydrogen) atoms. The zero-order valence-electron chi connectivity index (χ0n) is 8.48. The number of halogens is 2. The molecular formula is C10H17Cl2NO. The Morgan fingerprint density at radius 1 is 1.36 bits per heavy atom. The maximum Gasteiger partial charge on any atom is 0.223 e. The molecule has 1 aliphatic carbocycles. The van der Waals surface area contributed by atoms with E-state index in [9.17, 15) is 4.79 Å². The van der Waals surface area contributed by atoms with Gasteiger partial charge < -0.3 is 5.32 Å². The first-order valence-electron chi connectivity index (χ1n) is 5.05. The van der Waals surface area contributed by atoms with Crippen LogP contribution in [0.1, 0.15) is 32.6 Å². The largest absolute Gasteiger partial charge is 0.348 e. The monoisotopic (exact) mass is 237 g/mol. The van der Waals surface area contributed by atoms with Gasteiger partial charge in [0, 0.05) is 17.7 Å². The van der Waals surface area contributed by atoms with Gasteiger partial charge in [-0.15, -0.1) is 23.2 Å². The summed E-state index contributed by atoms with van der Waals surface area (Å²) in [6, 6.07) is 0. The van der Waals surface area contributed by atoms with Crippen molar-refractivity contribution in [2.24, 2.45) is 5.92 Å². The Morgan fingerprint density at radius 3 is 2.29 bits per heavy atom. The first kappa shape index (κ1) is 12.1. The van der Waals surface area contributed by atoms with Crippen LogP contribution in [0, 0.1) is 5.92 Å². The quantitative estimate of drug-likeness (QED) is 0.749. The Labute approximate surface area is 95.3 Å². The van der Waals surface area contributed by atoms with E-state index in [0.717, 1.165) is 25.7 Å².